The molecule has 1 unspecified atom stereocenters. The summed E-state index contributed by atoms with van der Waals surface area (Å²) in [6.07, 6.45) is -4.83. The number of hydrogen-bond acceptors (Lipinski definition) is 2. The molecule has 0 aromatic heterocycles. The summed E-state index contributed by atoms with van der Waals surface area (Å²) in [4.78, 5) is 26.1. The van der Waals surface area contributed by atoms with Crippen molar-refractivity contribution in [3.63, 3.8) is 0 Å². The lowest BCUT2D eigenvalue weighted by molar-refractivity contribution is -0.185. The van der Waals surface area contributed by atoms with Crippen LogP contribution in [0.2, 0.25) is 5.02 Å². The van der Waals surface area contributed by atoms with Gasteiger partial charge < -0.3 is 5.32 Å². The van der Waals surface area contributed by atoms with E-state index in [1.807, 2.05) is 0 Å². The van der Waals surface area contributed by atoms with Crippen molar-refractivity contribution in [3.05, 3.63) is 58.4 Å². The van der Waals surface area contributed by atoms with Crippen LogP contribution < -0.4 is 5.32 Å². The van der Waals surface area contributed by atoms with Gasteiger partial charge in [0.15, 0.2) is 5.78 Å². The number of benzene rings is 2. The van der Waals surface area contributed by atoms with Gasteiger partial charge in [0.05, 0.1) is 11.5 Å². The molecule has 2 aliphatic rings. The number of halogens is 5. The Morgan fingerprint density at radius 2 is 1.68 bits per heavy atom. The SMILES string of the molecule is Cc1cc(F)c(-c2ccc(Cl)cc2)cc1C1C(=O)NC2(CCC(C(F)(F)F)CC2)C1=O. The number of nitrogens with one attached hydrogen (secondary N) is 1. The first-order valence-electron chi connectivity index (χ1n) is 10.0. The molecule has 1 saturated carbocycles. The lowest BCUT2D eigenvalue weighted by atomic mass is 9.72. The number of carbonyl (C=O) groups excluding carboxylic acids is 2. The lowest BCUT2D eigenvalue weighted by Gasteiger charge is -2.36. The van der Waals surface area contributed by atoms with Gasteiger partial charge in [-0.15, -0.1) is 0 Å². The monoisotopic (exact) mass is 453 g/mol. The van der Waals surface area contributed by atoms with Crippen LogP contribution in [0.25, 0.3) is 11.1 Å². The second-order valence-electron chi connectivity index (χ2n) is 8.38. The number of hydrogen-bond donors (Lipinski definition) is 1. The number of Topliss-reactive ketones (excluding diaryl/α,β-unsaturated/α-hetero) is 1. The van der Waals surface area contributed by atoms with Gasteiger partial charge in [0.1, 0.15) is 11.7 Å². The van der Waals surface area contributed by atoms with Gasteiger partial charge in [0, 0.05) is 10.6 Å². The van der Waals surface area contributed by atoms with E-state index in [1.165, 1.54) is 12.1 Å². The van der Waals surface area contributed by atoms with E-state index in [-0.39, 0.29) is 31.2 Å². The Bertz CT molecular complexity index is 1040. The molecule has 1 amide bonds. The number of alkyl halides is 3. The first-order valence-corrected chi connectivity index (χ1v) is 10.4. The Kier molecular flexibility index (Phi) is 5.36. The molecule has 1 spiro atoms. The molecule has 164 valence electrons. The number of carbonyl (C=O) groups is 2. The smallest absolute Gasteiger partial charge is 0.343 e. The van der Waals surface area contributed by atoms with Gasteiger partial charge in [0.25, 0.3) is 0 Å². The summed E-state index contributed by atoms with van der Waals surface area (Å²) in [6.45, 7) is 1.61. The van der Waals surface area contributed by atoms with E-state index in [4.69, 9.17) is 11.6 Å². The molecule has 2 aromatic carbocycles. The molecule has 1 heterocycles. The average Bonchev–Trinajstić information content (AvgIpc) is 2.92. The normalized spacial score (nSPS) is 26.4. The second kappa shape index (κ2) is 7.62. The summed E-state index contributed by atoms with van der Waals surface area (Å²) in [6, 6.07) is 9.24. The maximum atomic E-state index is 14.7. The molecule has 8 heteroatoms. The van der Waals surface area contributed by atoms with E-state index in [1.54, 1.807) is 31.2 Å². The van der Waals surface area contributed by atoms with Gasteiger partial charge in [0.2, 0.25) is 5.91 Å². The number of aryl methyl sites for hydroxylation is 1. The van der Waals surface area contributed by atoms with Crippen LogP contribution in [0.15, 0.2) is 36.4 Å². The third-order valence-corrected chi connectivity index (χ3v) is 6.73. The van der Waals surface area contributed by atoms with Crippen LogP contribution in [0.4, 0.5) is 17.6 Å². The van der Waals surface area contributed by atoms with Gasteiger partial charge in [-0.05, 0) is 73.6 Å². The molecule has 4 rings (SSSR count). The predicted molar refractivity (Wildman–Crippen MR) is 108 cm³/mol. The predicted octanol–water partition coefficient (Wildman–Crippen LogP) is 5.73. The molecular weight excluding hydrogens is 434 g/mol. The Labute approximate surface area is 181 Å². The highest BCUT2D eigenvalue weighted by Crippen LogP contribution is 2.46. The molecule has 31 heavy (non-hydrogen) atoms. The molecule has 1 saturated heterocycles. The van der Waals surface area contributed by atoms with E-state index < -0.39 is 41.1 Å². The first kappa shape index (κ1) is 21.8. The Morgan fingerprint density at radius 3 is 2.26 bits per heavy atom. The van der Waals surface area contributed by atoms with Crippen molar-refractivity contribution in [2.75, 3.05) is 0 Å². The largest absolute Gasteiger partial charge is 0.391 e. The number of ketones is 1. The summed E-state index contributed by atoms with van der Waals surface area (Å²) >= 11 is 5.90. The molecule has 2 fully saturated rings. The molecule has 1 aliphatic carbocycles. The molecule has 0 bridgehead atoms. The fourth-order valence-corrected chi connectivity index (χ4v) is 4.83. The first-order chi connectivity index (χ1) is 14.5. The number of rotatable bonds is 2. The van der Waals surface area contributed by atoms with E-state index in [0.29, 0.717) is 21.7 Å². The van der Waals surface area contributed by atoms with Crippen molar-refractivity contribution < 1.29 is 27.2 Å². The highest BCUT2D eigenvalue weighted by molar-refractivity contribution is 6.30. The standard InChI is InChI=1S/C23H20ClF4NO2/c1-12-10-18(25)17(13-2-4-15(24)5-3-13)11-16(12)19-20(30)22(29-21(19)31)8-6-14(7-9-22)23(26,27)28/h2-5,10-11,14,19H,6-9H2,1H3,(H,29,31). The van der Waals surface area contributed by atoms with Crippen LogP contribution in [-0.2, 0) is 9.59 Å². The van der Waals surface area contributed by atoms with Crippen LogP contribution in [0.1, 0.15) is 42.7 Å². The van der Waals surface area contributed by atoms with Gasteiger partial charge in [-0.25, -0.2) is 4.39 Å². The van der Waals surface area contributed by atoms with Crippen molar-refractivity contribution >= 4 is 23.3 Å². The second-order valence-corrected chi connectivity index (χ2v) is 8.82. The molecule has 1 N–H and O–H groups in total. The lowest BCUT2D eigenvalue weighted by Crippen LogP contribution is -2.50. The van der Waals surface area contributed by atoms with Crippen molar-refractivity contribution in [3.8, 4) is 11.1 Å². The van der Waals surface area contributed by atoms with E-state index in [9.17, 15) is 27.2 Å². The van der Waals surface area contributed by atoms with Crippen LogP contribution in [0.5, 0.6) is 0 Å². The Balaban J connectivity index is 1.67. The summed E-state index contributed by atoms with van der Waals surface area (Å²) in [7, 11) is 0. The Morgan fingerprint density at radius 1 is 1.06 bits per heavy atom. The maximum absolute atomic E-state index is 14.7. The minimum Gasteiger partial charge on any atom is -0.343 e. The minimum atomic E-state index is -4.31. The van der Waals surface area contributed by atoms with Gasteiger partial charge >= 0.3 is 6.18 Å². The van der Waals surface area contributed by atoms with Gasteiger partial charge in [-0.1, -0.05) is 23.7 Å². The molecular formula is C23H20ClF4NO2. The average molecular weight is 454 g/mol. The molecule has 2 aromatic rings. The van der Waals surface area contributed by atoms with Gasteiger partial charge in [-0.3, -0.25) is 9.59 Å². The fourth-order valence-electron chi connectivity index (χ4n) is 4.71. The summed E-state index contributed by atoms with van der Waals surface area (Å²) < 4.78 is 53.8. The minimum absolute atomic E-state index is 0.0530. The topological polar surface area (TPSA) is 46.2 Å². The summed E-state index contributed by atoms with van der Waals surface area (Å²) in [5.74, 6) is -4.13. The molecule has 3 nitrogen and oxygen atoms in total. The zero-order valence-corrected chi connectivity index (χ0v) is 17.4. The summed E-state index contributed by atoms with van der Waals surface area (Å²) in [5.41, 5.74) is 0.271. The molecule has 1 atom stereocenters. The van der Waals surface area contributed by atoms with Gasteiger partial charge in [-0.2, -0.15) is 13.2 Å². The zero-order valence-electron chi connectivity index (χ0n) is 16.7. The van der Waals surface area contributed by atoms with Crippen LogP contribution in [0, 0.1) is 18.7 Å². The number of amides is 1. The molecule has 1 aliphatic heterocycles. The third kappa shape index (κ3) is 3.84. The quantitative estimate of drug-likeness (QED) is 0.466. The van der Waals surface area contributed by atoms with Crippen LogP contribution in [0.3, 0.4) is 0 Å². The van der Waals surface area contributed by atoms with Crippen molar-refractivity contribution in [1.82, 2.24) is 5.32 Å². The molecule has 0 radical (unpaired) electrons. The van der Waals surface area contributed by atoms with E-state index in [0.717, 1.165) is 0 Å². The van der Waals surface area contributed by atoms with Crippen molar-refractivity contribution in [1.29, 1.82) is 0 Å². The fraction of sp³-hybridized carbons (Fsp3) is 0.391. The third-order valence-electron chi connectivity index (χ3n) is 6.48. The van der Waals surface area contributed by atoms with E-state index in [2.05, 4.69) is 5.32 Å². The summed E-state index contributed by atoms with van der Waals surface area (Å²) in [5, 5.41) is 3.17. The Hall–Kier alpha value is -2.41. The van der Waals surface area contributed by atoms with Crippen LogP contribution in [-0.4, -0.2) is 23.4 Å². The van der Waals surface area contributed by atoms with Crippen LogP contribution >= 0.6 is 11.6 Å². The van der Waals surface area contributed by atoms with E-state index >= 15 is 0 Å². The van der Waals surface area contributed by atoms with Crippen molar-refractivity contribution in [2.24, 2.45) is 5.92 Å². The zero-order chi connectivity index (χ0) is 22.6. The highest BCUT2D eigenvalue weighted by atomic mass is 35.5. The highest BCUT2D eigenvalue weighted by Gasteiger charge is 2.56. The maximum Gasteiger partial charge on any atom is 0.391 e. The van der Waals surface area contributed by atoms with Crippen molar-refractivity contribution in [2.45, 2.75) is 50.2 Å².